The van der Waals surface area contributed by atoms with Crippen molar-refractivity contribution in [3.63, 3.8) is 0 Å². The standard InChI is InChI=1S/C60H96O6/c1-4-7-10-13-16-19-22-25-28-29-30-33-35-38-41-44-47-50-53-59(62)65-56-57(66-60(63)54-51-48-45-42-39-36-32-27-24-21-18-15-12-9-6-3)55-64-58(61)52-49-46-43-40-37-34-31-26-23-20-17-14-11-8-5-2/h9,12,15-30,32-33,57H,4-8,10-11,13-14,31,34-56H2,1-3H3/b12-9-,18-15-,19-16-,20-17-,24-21-,25-22-,26-23-,29-28-,32-27-,33-30-. The normalized spacial score (nSPS) is 13.1. The third-order valence-corrected chi connectivity index (χ3v) is 10.9. The van der Waals surface area contributed by atoms with E-state index in [0.29, 0.717) is 12.8 Å². The van der Waals surface area contributed by atoms with Gasteiger partial charge in [0.15, 0.2) is 6.10 Å². The first-order valence-electron chi connectivity index (χ1n) is 26.7. The van der Waals surface area contributed by atoms with Crippen LogP contribution in [0.5, 0.6) is 0 Å². The molecule has 0 aromatic carbocycles. The molecule has 0 aliphatic rings. The number of carbonyl (C=O) groups excluding carboxylic acids is 3. The molecule has 0 aliphatic carbocycles. The van der Waals surface area contributed by atoms with E-state index < -0.39 is 6.10 Å². The van der Waals surface area contributed by atoms with Crippen LogP contribution in [0.1, 0.15) is 220 Å². The second-order valence-corrected chi connectivity index (χ2v) is 17.3. The molecule has 0 radical (unpaired) electrons. The number of rotatable bonds is 46. The number of hydrogen-bond donors (Lipinski definition) is 0. The molecule has 1 atom stereocenters. The highest BCUT2D eigenvalue weighted by atomic mass is 16.6. The maximum absolute atomic E-state index is 12.8. The molecule has 0 rings (SSSR count). The second kappa shape index (κ2) is 53.4. The van der Waals surface area contributed by atoms with Gasteiger partial charge in [-0.2, -0.15) is 0 Å². The van der Waals surface area contributed by atoms with Crippen LogP contribution < -0.4 is 0 Å². The topological polar surface area (TPSA) is 78.9 Å². The minimum atomic E-state index is -0.809. The van der Waals surface area contributed by atoms with Gasteiger partial charge in [-0.15, -0.1) is 0 Å². The third-order valence-electron chi connectivity index (χ3n) is 10.9. The summed E-state index contributed by atoms with van der Waals surface area (Å²) >= 11 is 0. The molecule has 0 spiro atoms. The fourth-order valence-electron chi connectivity index (χ4n) is 6.87. The molecule has 6 heteroatoms. The summed E-state index contributed by atoms with van der Waals surface area (Å²) in [4.78, 5) is 38.1. The number of allylic oxidation sites excluding steroid dienone is 20. The number of esters is 3. The van der Waals surface area contributed by atoms with E-state index in [0.717, 1.165) is 122 Å². The Bertz CT molecular complexity index is 1420. The average molecular weight is 913 g/mol. The molecular formula is C60H96O6. The zero-order chi connectivity index (χ0) is 47.9. The quantitative estimate of drug-likeness (QED) is 0.0262. The van der Waals surface area contributed by atoms with Crippen LogP contribution in [0.4, 0.5) is 0 Å². The van der Waals surface area contributed by atoms with Gasteiger partial charge in [0, 0.05) is 19.3 Å². The summed E-state index contributed by atoms with van der Waals surface area (Å²) in [5.41, 5.74) is 0. The van der Waals surface area contributed by atoms with E-state index in [2.05, 4.69) is 118 Å². The van der Waals surface area contributed by atoms with E-state index in [4.69, 9.17) is 14.2 Å². The van der Waals surface area contributed by atoms with Crippen molar-refractivity contribution in [2.24, 2.45) is 0 Å². The molecule has 1 unspecified atom stereocenters. The Morgan fingerprint density at radius 1 is 0.318 bits per heavy atom. The highest BCUT2D eigenvalue weighted by Gasteiger charge is 2.19. The largest absolute Gasteiger partial charge is 0.462 e. The Hall–Kier alpha value is -4.19. The first-order chi connectivity index (χ1) is 32.5. The van der Waals surface area contributed by atoms with Gasteiger partial charge in [0.2, 0.25) is 0 Å². The van der Waals surface area contributed by atoms with E-state index in [1.54, 1.807) is 0 Å². The van der Waals surface area contributed by atoms with Gasteiger partial charge in [-0.05, 0) is 89.9 Å². The minimum Gasteiger partial charge on any atom is -0.462 e. The van der Waals surface area contributed by atoms with Crippen LogP contribution in [-0.2, 0) is 28.6 Å². The van der Waals surface area contributed by atoms with Crippen LogP contribution in [0.2, 0.25) is 0 Å². The lowest BCUT2D eigenvalue weighted by Gasteiger charge is -2.18. The van der Waals surface area contributed by atoms with Gasteiger partial charge >= 0.3 is 17.9 Å². The van der Waals surface area contributed by atoms with Gasteiger partial charge in [0.25, 0.3) is 0 Å². The lowest BCUT2D eigenvalue weighted by atomic mass is 10.1. The Balaban J connectivity index is 4.52. The Morgan fingerprint density at radius 3 is 0.939 bits per heavy atom. The van der Waals surface area contributed by atoms with Crippen molar-refractivity contribution in [2.45, 2.75) is 226 Å². The SMILES string of the molecule is CC\C=C/C=C\C=C/C=C\CCCCCCCC(=O)OC(COC(=O)CCCCCCC\C=C/C=C\C=C/C=C\CCCCC)COC(=O)CCCCCCCC/C=C\C=C/CCCCC. The van der Waals surface area contributed by atoms with Gasteiger partial charge in [-0.1, -0.05) is 232 Å². The fourth-order valence-corrected chi connectivity index (χ4v) is 6.87. The van der Waals surface area contributed by atoms with Crippen LogP contribution in [0.3, 0.4) is 0 Å². The molecule has 0 aromatic rings. The van der Waals surface area contributed by atoms with Gasteiger partial charge < -0.3 is 14.2 Å². The van der Waals surface area contributed by atoms with Gasteiger partial charge in [-0.3, -0.25) is 14.4 Å². The zero-order valence-corrected chi connectivity index (χ0v) is 42.4. The molecule has 6 nitrogen and oxygen atoms in total. The average Bonchev–Trinajstić information content (AvgIpc) is 3.31. The molecule has 0 bridgehead atoms. The molecule has 0 saturated heterocycles. The van der Waals surface area contributed by atoms with Crippen molar-refractivity contribution in [3.05, 3.63) is 122 Å². The number of carbonyl (C=O) groups is 3. The molecular weight excluding hydrogens is 817 g/mol. The third kappa shape index (κ3) is 50.8. The van der Waals surface area contributed by atoms with Crippen molar-refractivity contribution in [1.29, 1.82) is 0 Å². The van der Waals surface area contributed by atoms with E-state index in [-0.39, 0.29) is 37.5 Å². The van der Waals surface area contributed by atoms with E-state index in [1.807, 2.05) is 24.3 Å². The highest BCUT2D eigenvalue weighted by molar-refractivity contribution is 5.71. The lowest BCUT2D eigenvalue weighted by Crippen LogP contribution is -2.30. The van der Waals surface area contributed by atoms with Crippen molar-refractivity contribution in [2.75, 3.05) is 13.2 Å². The van der Waals surface area contributed by atoms with Crippen molar-refractivity contribution in [1.82, 2.24) is 0 Å². The molecule has 0 N–H and O–H groups in total. The first kappa shape index (κ1) is 61.8. The molecule has 0 aromatic heterocycles. The molecule has 0 aliphatic heterocycles. The van der Waals surface area contributed by atoms with Crippen LogP contribution >= 0.6 is 0 Å². The zero-order valence-electron chi connectivity index (χ0n) is 42.4. The lowest BCUT2D eigenvalue weighted by molar-refractivity contribution is -0.167. The Labute approximate surface area is 405 Å². The van der Waals surface area contributed by atoms with Crippen molar-refractivity contribution < 1.29 is 28.6 Å². The van der Waals surface area contributed by atoms with Gasteiger partial charge in [-0.25, -0.2) is 0 Å². The van der Waals surface area contributed by atoms with E-state index in [1.165, 1.54) is 57.8 Å². The van der Waals surface area contributed by atoms with Crippen LogP contribution in [0, 0.1) is 0 Å². The fraction of sp³-hybridized carbons (Fsp3) is 0.617. The molecule has 372 valence electrons. The maximum atomic E-state index is 12.8. The van der Waals surface area contributed by atoms with Crippen molar-refractivity contribution in [3.8, 4) is 0 Å². The highest BCUT2D eigenvalue weighted by Crippen LogP contribution is 2.13. The van der Waals surface area contributed by atoms with E-state index in [9.17, 15) is 14.4 Å². The summed E-state index contributed by atoms with van der Waals surface area (Å²) in [6.07, 6.45) is 73.1. The van der Waals surface area contributed by atoms with Gasteiger partial charge in [0.1, 0.15) is 13.2 Å². The Morgan fingerprint density at radius 2 is 0.591 bits per heavy atom. The number of hydrogen-bond acceptors (Lipinski definition) is 6. The maximum Gasteiger partial charge on any atom is 0.306 e. The number of unbranched alkanes of at least 4 members (excludes halogenated alkanes) is 22. The Kier molecular flexibility index (Phi) is 50.0. The van der Waals surface area contributed by atoms with E-state index >= 15 is 0 Å². The predicted molar refractivity (Wildman–Crippen MR) is 283 cm³/mol. The summed E-state index contributed by atoms with van der Waals surface area (Å²) in [6.45, 7) is 6.37. The molecule has 0 fully saturated rings. The molecule has 0 heterocycles. The second-order valence-electron chi connectivity index (χ2n) is 17.3. The first-order valence-corrected chi connectivity index (χ1v) is 26.7. The summed E-state index contributed by atoms with van der Waals surface area (Å²) < 4.78 is 16.8. The monoisotopic (exact) mass is 913 g/mol. The summed E-state index contributed by atoms with van der Waals surface area (Å²) in [5.74, 6) is -0.969. The summed E-state index contributed by atoms with van der Waals surface area (Å²) in [7, 11) is 0. The molecule has 0 saturated carbocycles. The van der Waals surface area contributed by atoms with Crippen molar-refractivity contribution >= 4 is 17.9 Å². The van der Waals surface area contributed by atoms with Gasteiger partial charge in [0.05, 0.1) is 0 Å². The van der Waals surface area contributed by atoms with Crippen LogP contribution in [0.25, 0.3) is 0 Å². The van der Waals surface area contributed by atoms with Crippen LogP contribution in [0.15, 0.2) is 122 Å². The summed E-state index contributed by atoms with van der Waals surface area (Å²) in [6, 6.07) is 0. The molecule has 0 amide bonds. The minimum absolute atomic E-state index is 0.105. The number of ether oxygens (including phenoxy) is 3. The molecule has 66 heavy (non-hydrogen) atoms. The summed E-state index contributed by atoms with van der Waals surface area (Å²) in [5, 5.41) is 0. The predicted octanol–water partition coefficient (Wildman–Crippen LogP) is 17.7. The van der Waals surface area contributed by atoms with Crippen LogP contribution in [-0.4, -0.2) is 37.2 Å². The smallest absolute Gasteiger partial charge is 0.306 e.